The second-order valence-corrected chi connectivity index (χ2v) is 5.38. The van der Waals surface area contributed by atoms with Crippen LogP contribution in [0.5, 0.6) is 0 Å². The van der Waals surface area contributed by atoms with Gasteiger partial charge < -0.3 is 15.7 Å². The van der Waals surface area contributed by atoms with Crippen LogP contribution in [0.3, 0.4) is 0 Å². The van der Waals surface area contributed by atoms with Gasteiger partial charge >= 0.3 is 0 Å². The zero-order valence-corrected chi connectivity index (χ0v) is 11.4. The van der Waals surface area contributed by atoms with Gasteiger partial charge in [0.2, 0.25) is 5.91 Å². The summed E-state index contributed by atoms with van der Waals surface area (Å²) in [5.74, 6) is -0.0623. The smallest absolute Gasteiger partial charge is 0.221 e. The Morgan fingerprint density at radius 3 is 2.74 bits per heavy atom. The Morgan fingerprint density at radius 2 is 2.11 bits per heavy atom. The molecule has 0 unspecified atom stereocenters. The summed E-state index contributed by atoms with van der Waals surface area (Å²) in [6, 6.07) is 7.80. The molecule has 0 spiro atoms. The molecule has 104 valence electrons. The van der Waals surface area contributed by atoms with E-state index in [1.807, 2.05) is 24.3 Å². The van der Waals surface area contributed by atoms with Gasteiger partial charge in [0.1, 0.15) is 0 Å². The van der Waals surface area contributed by atoms with E-state index in [9.17, 15) is 9.90 Å². The third kappa shape index (κ3) is 3.78. The standard InChI is InChI=1S/C15H22N2O2/c1-12(19)17-14-6-4-5-13(9-14)10-16-15(11-18)7-2-3-8-15/h4-6,9,16,18H,2-3,7-8,10-11H2,1H3,(H,17,19). The van der Waals surface area contributed by atoms with Gasteiger partial charge in [0.15, 0.2) is 0 Å². The topological polar surface area (TPSA) is 61.4 Å². The average Bonchev–Trinajstić information content (AvgIpc) is 2.86. The van der Waals surface area contributed by atoms with Crippen LogP contribution >= 0.6 is 0 Å². The predicted molar refractivity (Wildman–Crippen MR) is 75.9 cm³/mol. The number of carbonyl (C=O) groups excluding carboxylic acids is 1. The molecule has 2 rings (SSSR count). The molecule has 1 aliphatic rings. The Labute approximate surface area is 114 Å². The normalized spacial score (nSPS) is 17.4. The molecule has 3 N–H and O–H groups in total. The number of aliphatic hydroxyl groups excluding tert-OH is 1. The van der Waals surface area contributed by atoms with Crippen molar-refractivity contribution in [3.8, 4) is 0 Å². The fourth-order valence-electron chi connectivity index (χ4n) is 2.69. The molecule has 1 aromatic carbocycles. The van der Waals surface area contributed by atoms with Gasteiger partial charge in [0.05, 0.1) is 6.61 Å². The van der Waals surface area contributed by atoms with Gasteiger partial charge in [-0.2, -0.15) is 0 Å². The number of hydrogen-bond acceptors (Lipinski definition) is 3. The van der Waals surface area contributed by atoms with Crippen LogP contribution in [-0.4, -0.2) is 23.2 Å². The van der Waals surface area contributed by atoms with Crippen LogP contribution in [0.25, 0.3) is 0 Å². The lowest BCUT2D eigenvalue weighted by Crippen LogP contribution is -2.45. The van der Waals surface area contributed by atoms with Gasteiger partial charge in [-0.25, -0.2) is 0 Å². The second-order valence-electron chi connectivity index (χ2n) is 5.38. The van der Waals surface area contributed by atoms with Gasteiger partial charge in [0, 0.05) is 24.7 Å². The van der Waals surface area contributed by atoms with E-state index in [0.717, 1.165) is 24.1 Å². The van der Waals surface area contributed by atoms with Gasteiger partial charge in [-0.15, -0.1) is 0 Å². The molecule has 0 atom stereocenters. The van der Waals surface area contributed by atoms with Crippen LogP contribution in [-0.2, 0) is 11.3 Å². The van der Waals surface area contributed by atoms with Crippen molar-refractivity contribution >= 4 is 11.6 Å². The maximum absolute atomic E-state index is 11.0. The molecule has 0 aliphatic heterocycles. The van der Waals surface area contributed by atoms with Crippen LogP contribution in [0.15, 0.2) is 24.3 Å². The number of hydrogen-bond donors (Lipinski definition) is 3. The predicted octanol–water partition coefficient (Wildman–Crippen LogP) is 2.04. The molecule has 1 aromatic rings. The van der Waals surface area contributed by atoms with E-state index in [0.29, 0.717) is 6.54 Å². The zero-order valence-electron chi connectivity index (χ0n) is 11.4. The van der Waals surface area contributed by atoms with Gasteiger partial charge in [-0.3, -0.25) is 4.79 Å². The Hall–Kier alpha value is -1.39. The maximum Gasteiger partial charge on any atom is 0.221 e. The maximum atomic E-state index is 11.0. The number of nitrogens with one attached hydrogen (secondary N) is 2. The Morgan fingerprint density at radius 1 is 1.37 bits per heavy atom. The first-order chi connectivity index (χ1) is 9.13. The van der Waals surface area contributed by atoms with Crippen molar-refractivity contribution in [1.29, 1.82) is 0 Å². The molecule has 0 heterocycles. The van der Waals surface area contributed by atoms with E-state index in [4.69, 9.17) is 0 Å². The number of anilines is 1. The van der Waals surface area contributed by atoms with Crippen LogP contribution < -0.4 is 10.6 Å². The number of aliphatic hydroxyl groups is 1. The fraction of sp³-hybridized carbons (Fsp3) is 0.533. The summed E-state index contributed by atoms with van der Waals surface area (Å²) in [6.45, 7) is 2.41. The van der Waals surface area contributed by atoms with E-state index in [1.54, 1.807) is 0 Å². The largest absolute Gasteiger partial charge is 0.394 e. The van der Waals surface area contributed by atoms with Gasteiger partial charge in [-0.1, -0.05) is 25.0 Å². The summed E-state index contributed by atoms with van der Waals surface area (Å²) < 4.78 is 0. The van der Waals surface area contributed by atoms with E-state index < -0.39 is 0 Å². The first kappa shape index (κ1) is 14.0. The van der Waals surface area contributed by atoms with E-state index in [-0.39, 0.29) is 18.1 Å². The fourth-order valence-corrected chi connectivity index (χ4v) is 2.69. The Bertz CT molecular complexity index is 440. The van der Waals surface area contributed by atoms with Crippen molar-refractivity contribution in [2.45, 2.75) is 44.7 Å². The minimum Gasteiger partial charge on any atom is -0.394 e. The molecule has 1 fully saturated rings. The van der Waals surface area contributed by atoms with Gasteiger partial charge in [0.25, 0.3) is 0 Å². The number of benzene rings is 1. The molecule has 1 amide bonds. The molecule has 1 aliphatic carbocycles. The molecule has 1 saturated carbocycles. The molecule has 0 saturated heterocycles. The van der Waals surface area contributed by atoms with Crippen LogP contribution in [0.2, 0.25) is 0 Å². The first-order valence-electron chi connectivity index (χ1n) is 6.86. The Balaban J connectivity index is 1.97. The molecular weight excluding hydrogens is 240 g/mol. The molecule has 4 heteroatoms. The molecule has 19 heavy (non-hydrogen) atoms. The summed E-state index contributed by atoms with van der Waals surface area (Å²) in [4.78, 5) is 11.0. The molecule has 0 aromatic heterocycles. The van der Waals surface area contributed by atoms with E-state index >= 15 is 0 Å². The monoisotopic (exact) mass is 262 g/mol. The minimum absolute atomic E-state index is 0.0623. The van der Waals surface area contributed by atoms with Crippen molar-refractivity contribution in [3.05, 3.63) is 29.8 Å². The summed E-state index contributed by atoms with van der Waals surface area (Å²) in [5.41, 5.74) is 1.83. The summed E-state index contributed by atoms with van der Waals surface area (Å²) in [5, 5.41) is 15.8. The highest BCUT2D eigenvalue weighted by Gasteiger charge is 2.32. The van der Waals surface area contributed by atoms with E-state index in [2.05, 4.69) is 10.6 Å². The lowest BCUT2D eigenvalue weighted by molar-refractivity contribution is -0.114. The summed E-state index contributed by atoms with van der Waals surface area (Å²) in [6.07, 6.45) is 4.43. The highest BCUT2D eigenvalue weighted by molar-refractivity contribution is 5.88. The quantitative estimate of drug-likeness (QED) is 0.761. The lowest BCUT2D eigenvalue weighted by Gasteiger charge is -2.28. The van der Waals surface area contributed by atoms with Crippen LogP contribution in [0.1, 0.15) is 38.2 Å². The van der Waals surface area contributed by atoms with Crippen LogP contribution in [0, 0.1) is 0 Å². The summed E-state index contributed by atoms with van der Waals surface area (Å²) >= 11 is 0. The van der Waals surface area contributed by atoms with Crippen molar-refractivity contribution in [3.63, 3.8) is 0 Å². The molecule has 0 radical (unpaired) electrons. The third-order valence-corrected chi connectivity index (χ3v) is 3.78. The zero-order chi connectivity index (χ0) is 13.7. The molecule has 0 bridgehead atoms. The Kier molecular flexibility index (Phi) is 4.56. The summed E-state index contributed by atoms with van der Waals surface area (Å²) in [7, 11) is 0. The van der Waals surface area contributed by atoms with Crippen molar-refractivity contribution < 1.29 is 9.90 Å². The molecule has 4 nitrogen and oxygen atoms in total. The minimum atomic E-state index is -0.107. The van der Waals surface area contributed by atoms with Crippen molar-refractivity contribution in [1.82, 2.24) is 5.32 Å². The lowest BCUT2D eigenvalue weighted by atomic mass is 9.98. The molecular formula is C15H22N2O2. The van der Waals surface area contributed by atoms with E-state index in [1.165, 1.54) is 19.8 Å². The van der Waals surface area contributed by atoms with Crippen molar-refractivity contribution in [2.24, 2.45) is 0 Å². The first-order valence-corrected chi connectivity index (χ1v) is 6.86. The van der Waals surface area contributed by atoms with Crippen molar-refractivity contribution in [2.75, 3.05) is 11.9 Å². The number of rotatable bonds is 5. The average molecular weight is 262 g/mol. The SMILES string of the molecule is CC(=O)Nc1cccc(CNC2(CO)CCCC2)c1. The van der Waals surface area contributed by atoms with Gasteiger partial charge in [-0.05, 0) is 30.5 Å². The highest BCUT2D eigenvalue weighted by Crippen LogP contribution is 2.29. The third-order valence-electron chi connectivity index (χ3n) is 3.78. The number of amides is 1. The highest BCUT2D eigenvalue weighted by atomic mass is 16.3. The van der Waals surface area contributed by atoms with Crippen LogP contribution in [0.4, 0.5) is 5.69 Å². The second kappa shape index (κ2) is 6.17. The number of carbonyl (C=O) groups is 1.